The van der Waals surface area contributed by atoms with E-state index in [1.54, 1.807) is 4.90 Å². The van der Waals surface area contributed by atoms with Crippen molar-refractivity contribution in [2.45, 2.75) is 40.0 Å². The topological polar surface area (TPSA) is 60.9 Å². The smallest absolute Gasteiger partial charge is 0.320 e. The van der Waals surface area contributed by atoms with Crippen LogP contribution >= 0.6 is 0 Å². The van der Waals surface area contributed by atoms with Crippen LogP contribution in [0.5, 0.6) is 0 Å². The van der Waals surface area contributed by atoms with E-state index in [2.05, 4.69) is 6.92 Å². The molecule has 2 unspecified atom stereocenters. The van der Waals surface area contributed by atoms with Crippen LogP contribution in [0.2, 0.25) is 0 Å². The van der Waals surface area contributed by atoms with Crippen LogP contribution in [0.25, 0.3) is 0 Å². The van der Waals surface area contributed by atoms with Crippen LogP contribution in [0.1, 0.15) is 40.0 Å². The molecule has 0 aromatic heterocycles. The van der Waals surface area contributed by atoms with E-state index in [9.17, 15) is 14.7 Å². The molecular weight excluding hydrogens is 256 g/mol. The SMILES string of the molecule is CC1CCCN(C(=O)N2CCC(C(=O)O)(C(C)C)C2)C1. The molecule has 0 radical (unpaired) electrons. The van der Waals surface area contributed by atoms with Crippen molar-refractivity contribution >= 4 is 12.0 Å². The van der Waals surface area contributed by atoms with Crippen molar-refractivity contribution in [3.05, 3.63) is 0 Å². The number of urea groups is 1. The minimum atomic E-state index is -0.769. The predicted molar refractivity (Wildman–Crippen MR) is 76.5 cm³/mol. The van der Waals surface area contributed by atoms with E-state index in [1.807, 2.05) is 18.7 Å². The van der Waals surface area contributed by atoms with Crippen molar-refractivity contribution in [3.8, 4) is 0 Å². The summed E-state index contributed by atoms with van der Waals surface area (Å²) in [6, 6.07) is 0.0281. The average molecular weight is 282 g/mol. The Balaban J connectivity index is 2.04. The van der Waals surface area contributed by atoms with Gasteiger partial charge in [-0.1, -0.05) is 20.8 Å². The van der Waals surface area contributed by atoms with Gasteiger partial charge in [0.25, 0.3) is 0 Å². The molecule has 2 amide bonds. The lowest BCUT2D eigenvalue weighted by Gasteiger charge is -2.35. The van der Waals surface area contributed by atoms with Gasteiger partial charge in [0.1, 0.15) is 0 Å². The molecule has 0 aliphatic carbocycles. The van der Waals surface area contributed by atoms with E-state index in [4.69, 9.17) is 0 Å². The molecule has 5 heteroatoms. The van der Waals surface area contributed by atoms with Gasteiger partial charge >= 0.3 is 12.0 Å². The largest absolute Gasteiger partial charge is 0.481 e. The lowest BCUT2D eigenvalue weighted by atomic mass is 9.76. The Kier molecular flexibility index (Phi) is 4.25. The Morgan fingerprint density at radius 3 is 2.45 bits per heavy atom. The monoisotopic (exact) mass is 282 g/mol. The summed E-state index contributed by atoms with van der Waals surface area (Å²) in [7, 11) is 0. The highest BCUT2D eigenvalue weighted by atomic mass is 16.4. The fourth-order valence-corrected chi connectivity index (χ4v) is 3.45. The molecule has 0 aromatic carbocycles. The number of carbonyl (C=O) groups is 2. The average Bonchev–Trinajstić information content (AvgIpc) is 2.84. The Hall–Kier alpha value is -1.26. The molecule has 2 atom stereocenters. The van der Waals surface area contributed by atoms with Gasteiger partial charge in [0.2, 0.25) is 0 Å². The van der Waals surface area contributed by atoms with Gasteiger partial charge < -0.3 is 14.9 Å². The molecule has 1 N–H and O–H groups in total. The zero-order valence-electron chi connectivity index (χ0n) is 12.8. The first-order valence-corrected chi connectivity index (χ1v) is 7.64. The molecule has 20 heavy (non-hydrogen) atoms. The molecule has 2 heterocycles. The van der Waals surface area contributed by atoms with E-state index < -0.39 is 11.4 Å². The summed E-state index contributed by atoms with van der Waals surface area (Å²) in [5.74, 6) is -0.183. The van der Waals surface area contributed by atoms with Crippen LogP contribution in [-0.2, 0) is 4.79 Å². The van der Waals surface area contributed by atoms with Crippen molar-refractivity contribution < 1.29 is 14.7 Å². The summed E-state index contributed by atoms with van der Waals surface area (Å²) >= 11 is 0. The number of hydrogen-bond donors (Lipinski definition) is 1. The van der Waals surface area contributed by atoms with E-state index in [0.29, 0.717) is 25.4 Å². The summed E-state index contributed by atoms with van der Waals surface area (Å²) in [4.78, 5) is 27.8. The van der Waals surface area contributed by atoms with Crippen LogP contribution in [-0.4, -0.2) is 53.1 Å². The Bertz CT molecular complexity index is 397. The molecular formula is C15H26N2O3. The fourth-order valence-electron chi connectivity index (χ4n) is 3.45. The van der Waals surface area contributed by atoms with Gasteiger partial charge in [0.05, 0.1) is 5.41 Å². The maximum absolute atomic E-state index is 12.5. The van der Waals surface area contributed by atoms with Crippen LogP contribution in [0, 0.1) is 17.3 Å². The van der Waals surface area contributed by atoms with Crippen LogP contribution in [0.4, 0.5) is 4.79 Å². The second kappa shape index (κ2) is 5.62. The third-order valence-corrected chi connectivity index (χ3v) is 5.03. The molecule has 114 valence electrons. The van der Waals surface area contributed by atoms with E-state index >= 15 is 0 Å². The van der Waals surface area contributed by atoms with Crippen molar-refractivity contribution in [3.63, 3.8) is 0 Å². The summed E-state index contributed by atoms with van der Waals surface area (Å²) < 4.78 is 0. The number of aliphatic carboxylic acids is 1. The third kappa shape index (κ3) is 2.63. The Morgan fingerprint density at radius 2 is 1.95 bits per heavy atom. The first kappa shape index (κ1) is 15.1. The Morgan fingerprint density at radius 1 is 1.25 bits per heavy atom. The highest BCUT2D eigenvalue weighted by Crippen LogP contribution is 2.38. The normalized spacial score (nSPS) is 30.9. The summed E-state index contributed by atoms with van der Waals surface area (Å²) in [5, 5.41) is 9.53. The van der Waals surface area contributed by atoms with Gasteiger partial charge in [-0.3, -0.25) is 4.79 Å². The highest BCUT2D eigenvalue weighted by Gasteiger charge is 2.49. The molecule has 2 saturated heterocycles. The lowest BCUT2D eigenvalue weighted by Crippen LogP contribution is -2.48. The number of hydrogen-bond acceptors (Lipinski definition) is 2. The van der Waals surface area contributed by atoms with Crippen molar-refractivity contribution in [1.29, 1.82) is 0 Å². The summed E-state index contributed by atoms with van der Waals surface area (Å²) in [5.41, 5.74) is -0.767. The fraction of sp³-hybridized carbons (Fsp3) is 0.867. The number of carboxylic acid groups (broad SMARTS) is 1. The second-order valence-electron chi connectivity index (χ2n) is 6.76. The van der Waals surface area contributed by atoms with Crippen molar-refractivity contribution in [1.82, 2.24) is 9.80 Å². The minimum Gasteiger partial charge on any atom is -0.481 e. The first-order chi connectivity index (χ1) is 9.36. The molecule has 2 rings (SSSR count). The van der Waals surface area contributed by atoms with Gasteiger partial charge in [-0.2, -0.15) is 0 Å². The maximum atomic E-state index is 12.5. The second-order valence-corrected chi connectivity index (χ2v) is 6.76. The maximum Gasteiger partial charge on any atom is 0.320 e. The lowest BCUT2D eigenvalue weighted by molar-refractivity contribution is -0.150. The van der Waals surface area contributed by atoms with Gasteiger partial charge in [-0.25, -0.2) is 4.79 Å². The first-order valence-electron chi connectivity index (χ1n) is 7.64. The molecule has 2 aliphatic heterocycles. The minimum absolute atomic E-state index is 0.0281. The Labute approximate surface area is 120 Å². The quantitative estimate of drug-likeness (QED) is 0.845. The predicted octanol–water partition coefficient (Wildman–Crippen LogP) is 2.27. The van der Waals surface area contributed by atoms with Crippen LogP contribution in [0.3, 0.4) is 0 Å². The molecule has 2 fully saturated rings. The van der Waals surface area contributed by atoms with Gasteiger partial charge in [-0.15, -0.1) is 0 Å². The highest BCUT2D eigenvalue weighted by molar-refractivity contribution is 5.80. The van der Waals surface area contributed by atoms with E-state index in [1.165, 1.54) is 6.42 Å². The third-order valence-electron chi connectivity index (χ3n) is 5.03. The zero-order chi connectivity index (χ0) is 14.9. The molecule has 0 aromatic rings. The number of nitrogens with zero attached hydrogens (tertiary/aromatic N) is 2. The standard InChI is InChI=1S/C15H26N2O3/c1-11(2)15(13(18)19)6-8-17(10-15)14(20)16-7-4-5-12(3)9-16/h11-12H,4-10H2,1-3H3,(H,18,19). The molecule has 0 bridgehead atoms. The number of rotatable bonds is 2. The van der Waals surface area contributed by atoms with Crippen molar-refractivity contribution in [2.75, 3.05) is 26.2 Å². The number of carboxylic acids is 1. The number of amides is 2. The van der Waals surface area contributed by atoms with E-state index in [0.717, 1.165) is 19.5 Å². The van der Waals surface area contributed by atoms with E-state index in [-0.39, 0.29) is 11.9 Å². The summed E-state index contributed by atoms with van der Waals surface area (Å²) in [6.07, 6.45) is 2.79. The van der Waals surface area contributed by atoms with Gasteiger partial charge in [0.15, 0.2) is 0 Å². The van der Waals surface area contributed by atoms with Crippen LogP contribution in [0.15, 0.2) is 0 Å². The number of carbonyl (C=O) groups excluding carboxylic acids is 1. The number of piperidine rings is 1. The van der Waals surface area contributed by atoms with Gasteiger partial charge in [0, 0.05) is 26.2 Å². The van der Waals surface area contributed by atoms with Crippen LogP contribution < -0.4 is 0 Å². The zero-order valence-corrected chi connectivity index (χ0v) is 12.8. The molecule has 2 aliphatic rings. The summed E-state index contributed by atoms with van der Waals surface area (Å²) in [6.45, 7) is 8.56. The molecule has 0 saturated carbocycles. The van der Waals surface area contributed by atoms with Crippen molar-refractivity contribution in [2.24, 2.45) is 17.3 Å². The number of likely N-dealkylation sites (tertiary alicyclic amines) is 2. The molecule has 5 nitrogen and oxygen atoms in total. The van der Waals surface area contributed by atoms with Gasteiger partial charge in [-0.05, 0) is 31.1 Å². The molecule has 0 spiro atoms.